The molecule has 0 amide bonds. The van der Waals surface area contributed by atoms with Gasteiger partial charge in [-0.1, -0.05) is 45.9 Å². The second-order valence-corrected chi connectivity index (χ2v) is 13.2. The quantitative estimate of drug-likeness (QED) is 0.0725. The Morgan fingerprint density at radius 3 is 1.51 bits per heavy atom. The van der Waals surface area contributed by atoms with Crippen molar-refractivity contribution in [3.63, 3.8) is 0 Å². The minimum atomic E-state index is 0.972. The molecule has 0 N–H and O–H groups in total. The summed E-state index contributed by atoms with van der Waals surface area (Å²) in [6.45, 7) is 8.39. The predicted octanol–water partition coefficient (Wildman–Crippen LogP) is 7.99. The summed E-state index contributed by atoms with van der Waals surface area (Å²) in [4.78, 5) is 4.70. The Bertz CT molecular complexity index is 1340. The molecule has 0 radical (unpaired) electrons. The predicted molar refractivity (Wildman–Crippen MR) is 191 cm³/mol. The highest BCUT2D eigenvalue weighted by Gasteiger charge is 2.06. The van der Waals surface area contributed by atoms with E-state index >= 15 is 0 Å². The number of hydrogen-bond donors (Lipinski definition) is 0. The van der Waals surface area contributed by atoms with Crippen LogP contribution in [0.4, 0.5) is 11.4 Å². The van der Waals surface area contributed by atoms with Crippen LogP contribution in [0, 0.1) is 0 Å². The Labute approximate surface area is 267 Å². The van der Waals surface area contributed by atoms with E-state index < -0.39 is 0 Å². The number of hydrogen-bond acceptors (Lipinski definition) is 4. The first-order valence-electron chi connectivity index (χ1n) is 15.3. The molecule has 0 aliphatic carbocycles. The van der Waals surface area contributed by atoms with Crippen molar-refractivity contribution >= 4 is 57.3 Å². The Morgan fingerprint density at radius 1 is 0.558 bits per heavy atom. The van der Waals surface area contributed by atoms with Crippen LogP contribution in [0.3, 0.4) is 0 Å². The first-order chi connectivity index (χ1) is 21.1. The first-order valence-corrected chi connectivity index (χ1v) is 17.8. The molecule has 6 heteroatoms. The molecule has 0 saturated heterocycles. The maximum absolute atomic E-state index is 2.36. The van der Waals surface area contributed by atoms with Gasteiger partial charge in [-0.25, -0.2) is 0 Å². The first kappa shape index (κ1) is 32.4. The lowest BCUT2D eigenvalue weighted by atomic mass is 10.1. The van der Waals surface area contributed by atoms with Gasteiger partial charge in [-0.3, -0.25) is 0 Å². The Balaban J connectivity index is 1.11. The number of pyridine rings is 2. The summed E-state index contributed by atoms with van der Waals surface area (Å²) in [5, 5.41) is 0. The zero-order valence-corrected chi connectivity index (χ0v) is 27.7. The van der Waals surface area contributed by atoms with Crippen LogP contribution in [0.25, 0.3) is 24.3 Å². The van der Waals surface area contributed by atoms with Crippen molar-refractivity contribution in [3.8, 4) is 0 Å². The normalized spacial score (nSPS) is 11.4. The van der Waals surface area contributed by atoms with E-state index in [9.17, 15) is 0 Å². The van der Waals surface area contributed by atoms with Gasteiger partial charge in [-0.15, -0.1) is 0 Å². The van der Waals surface area contributed by atoms with E-state index in [-0.39, 0.29) is 0 Å². The van der Waals surface area contributed by atoms with Crippen molar-refractivity contribution in [2.45, 2.75) is 33.4 Å². The van der Waals surface area contributed by atoms with Crippen molar-refractivity contribution < 1.29 is 9.13 Å². The molecule has 0 bridgehead atoms. The summed E-state index contributed by atoms with van der Waals surface area (Å²) in [6.07, 6.45) is 14.2. The molecule has 0 aliphatic heterocycles. The Hall–Kier alpha value is -3.48. The van der Waals surface area contributed by atoms with Crippen LogP contribution in [0.15, 0.2) is 97.3 Å². The lowest BCUT2D eigenvalue weighted by Gasteiger charge is -2.20. The number of aromatic nitrogens is 2. The van der Waals surface area contributed by atoms with Gasteiger partial charge < -0.3 is 9.80 Å². The molecule has 224 valence electrons. The number of benzene rings is 2. The molecule has 2 aromatic heterocycles. The fourth-order valence-electron chi connectivity index (χ4n) is 4.81. The van der Waals surface area contributed by atoms with E-state index in [0.29, 0.717) is 0 Å². The van der Waals surface area contributed by atoms with Gasteiger partial charge in [0.15, 0.2) is 12.4 Å². The SMILES string of the molecule is CC[n+]1ccccc1C=Cc1ccc(N(C)CCCSSCCN(C)c2ccc(C=Cc3cccc[n+]3CC)cc2)cc1. The van der Waals surface area contributed by atoms with E-state index in [0.717, 1.165) is 37.7 Å². The molecule has 2 heterocycles. The lowest BCUT2D eigenvalue weighted by molar-refractivity contribution is -0.695. The topological polar surface area (TPSA) is 14.2 Å². The van der Waals surface area contributed by atoms with Crippen LogP contribution in [-0.2, 0) is 13.1 Å². The van der Waals surface area contributed by atoms with Crippen LogP contribution in [0.5, 0.6) is 0 Å². The minimum Gasteiger partial charge on any atom is -0.375 e. The summed E-state index contributed by atoms with van der Waals surface area (Å²) in [5.74, 6) is 2.27. The number of rotatable bonds is 16. The standard InChI is InChI=1S/C37H46N4S2/c1-5-40-27-9-7-12-36(40)24-18-32-14-20-34(21-15-32)38(3)26-11-30-42-43-31-29-39(4)35-22-16-33(17-23-35)19-25-37-13-8-10-28-41(37)6-2/h7-10,12-25,27-28H,5-6,11,26,29-31H2,1-4H3/q+2. The summed E-state index contributed by atoms with van der Waals surface area (Å²) < 4.78 is 4.50. The van der Waals surface area contributed by atoms with Crippen molar-refractivity contribution in [1.82, 2.24) is 0 Å². The molecule has 4 rings (SSSR count). The molecule has 0 aliphatic rings. The van der Waals surface area contributed by atoms with Gasteiger partial charge in [0, 0.05) is 86.5 Å². The molecule has 4 aromatic rings. The number of nitrogens with zero attached hydrogens (tertiary/aromatic N) is 4. The Kier molecular flexibility index (Phi) is 13.3. The Morgan fingerprint density at radius 2 is 1.02 bits per heavy atom. The molecule has 0 fully saturated rings. The monoisotopic (exact) mass is 610 g/mol. The maximum Gasteiger partial charge on any atom is 0.205 e. The summed E-state index contributed by atoms with van der Waals surface area (Å²) in [7, 11) is 8.34. The average molecular weight is 611 g/mol. The van der Waals surface area contributed by atoms with Gasteiger partial charge >= 0.3 is 0 Å². The molecule has 0 atom stereocenters. The average Bonchev–Trinajstić information content (AvgIpc) is 3.06. The smallest absolute Gasteiger partial charge is 0.205 e. The van der Waals surface area contributed by atoms with Gasteiger partial charge in [0.25, 0.3) is 0 Å². The molecule has 4 nitrogen and oxygen atoms in total. The van der Waals surface area contributed by atoms with Crippen LogP contribution in [0.2, 0.25) is 0 Å². The van der Waals surface area contributed by atoms with Crippen LogP contribution in [0.1, 0.15) is 42.8 Å². The molecular weight excluding hydrogens is 565 g/mol. The van der Waals surface area contributed by atoms with E-state index in [2.05, 4.69) is 169 Å². The third kappa shape index (κ3) is 10.3. The van der Waals surface area contributed by atoms with Gasteiger partial charge in [0.2, 0.25) is 11.4 Å². The second-order valence-electron chi connectivity index (χ2n) is 10.5. The van der Waals surface area contributed by atoms with Crippen molar-refractivity contribution in [2.24, 2.45) is 0 Å². The highest BCUT2D eigenvalue weighted by Crippen LogP contribution is 2.24. The highest BCUT2D eigenvalue weighted by molar-refractivity contribution is 8.76. The van der Waals surface area contributed by atoms with E-state index in [1.807, 2.05) is 21.6 Å². The van der Waals surface area contributed by atoms with Crippen LogP contribution in [-0.4, -0.2) is 38.7 Å². The lowest BCUT2D eigenvalue weighted by Crippen LogP contribution is -2.34. The zero-order valence-electron chi connectivity index (χ0n) is 26.1. The third-order valence-electron chi connectivity index (χ3n) is 7.51. The van der Waals surface area contributed by atoms with Gasteiger partial charge in [0.05, 0.1) is 0 Å². The summed E-state index contributed by atoms with van der Waals surface area (Å²) in [5.41, 5.74) is 7.42. The minimum absolute atomic E-state index is 0.972. The van der Waals surface area contributed by atoms with Gasteiger partial charge in [-0.2, -0.15) is 9.13 Å². The van der Waals surface area contributed by atoms with Crippen molar-refractivity contribution in [2.75, 3.05) is 48.5 Å². The molecule has 0 spiro atoms. The summed E-state index contributed by atoms with van der Waals surface area (Å²) in [6, 6.07) is 30.4. The second kappa shape index (κ2) is 17.6. The maximum atomic E-state index is 2.36. The largest absolute Gasteiger partial charge is 0.375 e. The highest BCUT2D eigenvalue weighted by atomic mass is 33.1. The van der Waals surface area contributed by atoms with Gasteiger partial charge in [-0.05, 0) is 79.9 Å². The third-order valence-corrected chi connectivity index (χ3v) is 9.98. The molecule has 43 heavy (non-hydrogen) atoms. The molecule has 0 saturated carbocycles. The van der Waals surface area contributed by atoms with E-state index in [1.165, 1.54) is 40.3 Å². The van der Waals surface area contributed by atoms with Crippen LogP contribution < -0.4 is 18.9 Å². The number of aryl methyl sites for hydroxylation is 2. The molecular formula is C37H46N4S2+2. The number of anilines is 2. The van der Waals surface area contributed by atoms with Crippen LogP contribution >= 0.6 is 21.6 Å². The van der Waals surface area contributed by atoms with E-state index in [1.54, 1.807) is 0 Å². The zero-order chi connectivity index (χ0) is 30.3. The van der Waals surface area contributed by atoms with Crippen molar-refractivity contribution in [1.29, 1.82) is 0 Å². The fourth-order valence-corrected chi connectivity index (χ4v) is 6.93. The molecule has 0 unspecified atom stereocenters. The fraction of sp³-hybridized carbons (Fsp3) is 0.297. The molecule has 2 aromatic carbocycles. The van der Waals surface area contributed by atoms with Gasteiger partial charge in [0.1, 0.15) is 13.1 Å². The van der Waals surface area contributed by atoms with Crippen molar-refractivity contribution in [3.05, 3.63) is 120 Å². The van der Waals surface area contributed by atoms with E-state index in [4.69, 9.17) is 0 Å². The summed E-state index contributed by atoms with van der Waals surface area (Å²) >= 11 is 0.